The number of carbonyl (C=O) groups is 1. The number of rotatable bonds is 4. The molecule has 1 heterocycles. The van der Waals surface area contributed by atoms with Crippen LogP contribution in [0.4, 0.5) is 0 Å². The topological polar surface area (TPSA) is 32.3 Å². The first-order valence-corrected chi connectivity index (χ1v) is 8.15. The molecule has 2 unspecified atom stereocenters. The minimum absolute atomic E-state index is 0.103. The van der Waals surface area contributed by atoms with Gasteiger partial charge >= 0.3 is 0 Å². The number of carbonyl (C=O) groups excluding carboxylic acids is 1. The zero-order chi connectivity index (χ0) is 15.4. The molecule has 0 saturated carbocycles. The van der Waals surface area contributed by atoms with E-state index in [0.29, 0.717) is 0 Å². The van der Waals surface area contributed by atoms with Crippen LogP contribution in [0.15, 0.2) is 24.3 Å². The Labute approximate surface area is 132 Å². The number of nitrogens with one attached hydrogen (secondary N) is 1. The maximum Gasteiger partial charge on any atom is 0.239 e. The molecule has 0 bridgehead atoms. The Hall–Kier alpha value is -1.06. The molecule has 0 aromatic heterocycles. The van der Waals surface area contributed by atoms with E-state index in [4.69, 9.17) is 11.6 Å². The molecule has 3 nitrogen and oxygen atoms in total. The van der Waals surface area contributed by atoms with Gasteiger partial charge in [0.25, 0.3) is 0 Å². The molecule has 4 heteroatoms. The number of benzene rings is 1. The second kappa shape index (κ2) is 7.28. The minimum Gasteiger partial charge on any atom is -0.341 e. The fourth-order valence-electron chi connectivity index (χ4n) is 2.82. The van der Waals surface area contributed by atoms with Crippen LogP contribution in [0.1, 0.15) is 45.2 Å². The van der Waals surface area contributed by atoms with Gasteiger partial charge in [-0.25, -0.2) is 0 Å². The van der Waals surface area contributed by atoms with Crippen LogP contribution in [-0.2, 0) is 4.79 Å². The molecule has 1 aliphatic rings. The van der Waals surface area contributed by atoms with E-state index >= 15 is 0 Å². The molecule has 1 aromatic rings. The molecule has 1 aromatic carbocycles. The quantitative estimate of drug-likeness (QED) is 0.921. The summed E-state index contributed by atoms with van der Waals surface area (Å²) in [5.41, 5.74) is 1.11. The molecule has 21 heavy (non-hydrogen) atoms. The molecule has 0 spiro atoms. The zero-order valence-electron chi connectivity index (χ0n) is 13.1. The molecule has 1 fully saturated rings. The SMILES string of the molecule is CC1CCN(C(=O)C(C)NC(C)c2cccc(Cl)c2)CC1. The number of nitrogens with zero attached hydrogens (tertiary/aromatic N) is 1. The summed E-state index contributed by atoms with van der Waals surface area (Å²) in [4.78, 5) is 14.5. The average Bonchev–Trinajstić information content (AvgIpc) is 2.47. The van der Waals surface area contributed by atoms with Gasteiger partial charge in [-0.3, -0.25) is 10.1 Å². The van der Waals surface area contributed by atoms with Crippen LogP contribution in [0, 0.1) is 5.92 Å². The van der Waals surface area contributed by atoms with Gasteiger partial charge in [0.05, 0.1) is 6.04 Å². The predicted octanol–water partition coefficient (Wildman–Crippen LogP) is 3.64. The third-order valence-electron chi connectivity index (χ3n) is 4.31. The summed E-state index contributed by atoms with van der Waals surface area (Å²) in [5.74, 6) is 0.943. The number of likely N-dealkylation sites (tertiary alicyclic amines) is 1. The smallest absolute Gasteiger partial charge is 0.239 e. The zero-order valence-corrected chi connectivity index (χ0v) is 13.9. The predicted molar refractivity (Wildman–Crippen MR) is 87.4 cm³/mol. The lowest BCUT2D eigenvalue weighted by atomic mass is 9.98. The number of halogens is 1. The summed E-state index contributed by atoms with van der Waals surface area (Å²) in [7, 11) is 0. The summed E-state index contributed by atoms with van der Waals surface area (Å²) in [6.07, 6.45) is 2.23. The summed E-state index contributed by atoms with van der Waals surface area (Å²) in [5, 5.41) is 4.11. The van der Waals surface area contributed by atoms with Gasteiger partial charge in [0, 0.05) is 24.2 Å². The molecular formula is C17H25ClN2O. The van der Waals surface area contributed by atoms with Crippen LogP contribution in [-0.4, -0.2) is 29.9 Å². The summed E-state index contributed by atoms with van der Waals surface area (Å²) < 4.78 is 0. The van der Waals surface area contributed by atoms with Crippen molar-refractivity contribution in [3.63, 3.8) is 0 Å². The largest absolute Gasteiger partial charge is 0.341 e. The fraction of sp³-hybridized carbons (Fsp3) is 0.588. The van der Waals surface area contributed by atoms with Gasteiger partial charge in [-0.15, -0.1) is 0 Å². The molecule has 116 valence electrons. The third-order valence-corrected chi connectivity index (χ3v) is 4.55. The van der Waals surface area contributed by atoms with E-state index in [-0.39, 0.29) is 18.0 Å². The number of amides is 1. The van der Waals surface area contributed by atoms with E-state index in [1.54, 1.807) is 0 Å². The number of hydrogen-bond donors (Lipinski definition) is 1. The number of piperidine rings is 1. The van der Waals surface area contributed by atoms with Gasteiger partial charge in [-0.05, 0) is 50.3 Å². The molecule has 1 aliphatic heterocycles. The molecular weight excluding hydrogens is 284 g/mol. The minimum atomic E-state index is -0.174. The van der Waals surface area contributed by atoms with Crippen LogP contribution in [0.3, 0.4) is 0 Å². The Bertz CT molecular complexity index is 483. The van der Waals surface area contributed by atoms with E-state index in [2.05, 4.69) is 19.2 Å². The normalized spacial score (nSPS) is 19.3. The van der Waals surface area contributed by atoms with Crippen molar-refractivity contribution in [2.24, 2.45) is 5.92 Å². The van der Waals surface area contributed by atoms with Gasteiger partial charge in [-0.2, -0.15) is 0 Å². The second-order valence-electron chi connectivity index (χ2n) is 6.17. The Morgan fingerprint density at radius 1 is 1.33 bits per heavy atom. The van der Waals surface area contributed by atoms with E-state index in [9.17, 15) is 4.79 Å². The lowest BCUT2D eigenvalue weighted by Gasteiger charge is -2.33. The molecule has 1 N–H and O–H groups in total. The monoisotopic (exact) mass is 308 g/mol. The Morgan fingerprint density at radius 3 is 2.62 bits per heavy atom. The van der Waals surface area contributed by atoms with Crippen molar-refractivity contribution in [3.8, 4) is 0 Å². The van der Waals surface area contributed by atoms with Crippen molar-refractivity contribution >= 4 is 17.5 Å². The fourth-order valence-corrected chi connectivity index (χ4v) is 3.02. The Balaban J connectivity index is 1.91. The summed E-state index contributed by atoms with van der Waals surface area (Å²) in [6.45, 7) is 8.04. The maximum absolute atomic E-state index is 12.5. The molecule has 2 rings (SSSR count). The second-order valence-corrected chi connectivity index (χ2v) is 6.61. The lowest BCUT2D eigenvalue weighted by molar-refractivity contribution is -0.134. The van der Waals surface area contributed by atoms with Gasteiger partial charge in [0.15, 0.2) is 0 Å². The van der Waals surface area contributed by atoms with Gasteiger partial charge in [0.2, 0.25) is 5.91 Å². The Kier molecular flexibility index (Phi) is 5.65. The first-order valence-electron chi connectivity index (χ1n) is 7.77. The van der Waals surface area contributed by atoms with Crippen LogP contribution < -0.4 is 5.32 Å². The third kappa shape index (κ3) is 4.45. The Morgan fingerprint density at radius 2 is 2.00 bits per heavy atom. The average molecular weight is 309 g/mol. The first kappa shape index (κ1) is 16.3. The van der Waals surface area contributed by atoms with Gasteiger partial charge < -0.3 is 4.90 Å². The van der Waals surface area contributed by atoms with Gasteiger partial charge in [-0.1, -0.05) is 30.7 Å². The summed E-state index contributed by atoms with van der Waals surface area (Å²) in [6, 6.07) is 7.71. The highest BCUT2D eigenvalue weighted by Crippen LogP contribution is 2.19. The van der Waals surface area contributed by atoms with Crippen LogP contribution in [0.5, 0.6) is 0 Å². The van der Waals surface area contributed by atoms with Crippen LogP contribution in [0.25, 0.3) is 0 Å². The van der Waals surface area contributed by atoms with Crippen molar-refractivity contribution < 1.29 is 4.79 Å². The highest BCUT2D eigenvalue weighted by atomic mass is 35.5. The van der Waals surface area contributed by atoms with Gasteiger partial charge in [0.1, 0.15) is 0 Å². The lowest BCUT2D eigenvalue weighted by Crippen LogP contribution is -2.48. The van der Waals surface area contributed by atoms with Crippen LogP contribution >= 0.6 is 11.6 Å². The highest BCUT2D eigenvalue weighted by molar-refractivity contribution is 6.30. The number of hydrogen-bond acceptors (Lipinski definition) is 2. The summed E-state index contributed by atoms with van der Waals surface area (Å²) >= 11 is 6.02. The molecule has 1 amide bonds. The van der Waals surface area contributed by atoms with Crippen LogP contribution in [0.2, 0.25) is 5.02 Å². The standard InChI is InChI=1S/C17H25ClN2O/c1-12-7-9-20(10-8-12)17(21)14(3)19-13(2)15-5-4-6-16(18)11-15/h4-6,11-14,19H,7-10H2,1-3H3. The van der Waals surface area contributed by atoms with E-state index < -0.39 is 0 Å². The van der Waals surface area contributed by atoms with Crippen molar-refractivity contribution in [3.05, 3.63) is 34.9 Å². The molecule has 0 radical (unpaired) electrons. The molecule has 0 aliphatic carbocycles. The maximum atomic E-state index is 12.5. The van der Waals surface area contributed by atoms with Crippen molar-refractivity contribution in [1.82, 2.24) is 10.2 Å². The van der Waals surface area contributed by atoms with Crippen molar-refractivity contribution in [2.75, 3.05) is 13.1 Å². The highest BCUT2D eigenvalue weighted by Gasteiger charge is 2.25. The van der Waals surface area contributed by atoms with E-state index in [0.717, 1.165) is 42.4 Å². The molecule has 1 saturated heterocycles. The first-order chi connectivity index (χ1) is 9.97. The van der Waals surface area contributed by atoms with E-state index in [1.807, 2.05) is 36.1 Å². The van der Waals surface area contributed by atoms with Crippen molar-refractivity contribution in [1.29, 1.82) is 0 Å². The van der Waals surface area contributed by atoms with Crippen molar-refractivity contribution in [2.45, 2.75) is 45.7 Å². The van der Waals surface area contributed by atoms with E-state index in [1.165, 1.54) is 0 Å². The molecule has 2 atom stereocenters.